The van der Waals surface area contributed by atoms with Gasteiger partial charge in [0, 0.05) is 57.4 Å². The van der Waals surface area contributed by atoms with Gasteiger partial charge in [-0.3, -0.25) is 19.4 Å². The topological polar surface area (TPSA) is 65.1 Å². The number of rotatable bonds is 7. The van der Waals surface area contributed by atoms with Gasteiger partial charge < -0.3 is 15.0 Å². The van der Waals surface area contributed by atoms with Gasteiger partial charge in [0.25, 0.3) is 0 Å². The normalized spacial score (nSPS) is 23.7. The van der Waals surface area contributed by atoms with Crippen molar-refractivity contribution in [3.63, 3.8) is 0 Å². The second kappa shape index (κ2) is 11.1. The van der Waals surface area contributed by atoms with Gasteiger partial charge >= 0.3 is 0 Å². The molecule has 2 heterocycles. The number of carbonyl (C=O) groups is 2. The molecule has 2 amide bonds. The third-order valence-corrected chi connectivity index (χ3v) is 7.18. The molecule has 3 aliphatic rings. The Morgan fingerprint density at radius 3 is 2.69 bits per heavy atom. The molecule has 2 aliphatic heterocycles. The van der Waals surface area contributed by atoms with E-state index in [0.29, 0.717) is 25.7 Å². The Morgan fingerprint density at radius 2 is 1.88 bits per heavy atom. The summed E-state index contributed by atoms with van der Waals surface area (Å²) < 4.78 is 5.78. The van der Waals surface area contributed by atoms with Gasteiger partial charge in [-0.05, 0) is 32.3 Å². The summed E-state index contributed by atoms with van der Waals surface area (Å²) in [5.74, 6) is 0.912. The number of nitrogens with one attached hydrogen (secondary N) is 1. The van der Waals surface area contributed by atoms with Crippen LogP contribution in [-0.4, -0.2) is 84.5 Å². The van der Waals surface area contributed by atoms with Gasteiger partial charge in [-0.1, -0.05) is 31.0 Å². The first-order valence-corrected chi connectivity index (χ1v) is 12.4. The van der Waals surface area contributed by atoms with E-state index in [-0.39, 0.29) is 18.2 Å². The molecule has 1 aliphatic carbocycles. The summed E-state index contributed by atoms with van der Waals surface area (Å²) >= 11 is 0. The van der Waals surface area contributed by atoms with E-state index in [9.17, 15) is 9.59 Å². The van der Waals surface area contributed by atoms with E-state index in [0.717, 1.165) is 50.5 Å². The van der Waals surface area contributed by atoms with Crippen LogP contribution >= 0.6 is 0 Å². The van der Waals surface area contributed by atoms with Crippen LogP contribution in [0.5, 0.6) is 5.75 Å². The van der Waals surface area contributed by atoms with Crippen molar-refractivity contribution < 1.29 is 14.3 Å². The molecule has 0 aromatic heterocycles. The summed E-state index contributed by atoms with van der Waals surface area (Å²) in [6.45, 7) is 8.14. The van der Waals surface area contributed by atoms with E-state index < -0.39 is 6.04 Å². The molecule has 1 atom stereocenters. The molecule has 32 heavy (non-hydrogen) atoms. The molecule has 7 nitrogen and oxygen atoms in total. The van der Waals surface area contributed by atoms with Crippen LogP contribution < -0.4 is 10.1 Å². The van der Waals surface area contributed by atoms with E-state index >= 15 is 0 Å². The molecular weight excluding hydrogens is 404 g/mol. The van der Waals surface area contributed by atoms with Crippen molar-refractivity contribution in [2.24, 2.45) is 0 Å². The van der Waals surface area contributed by atoms with Crippen molar-refractivity contribution >= 4 is 11.8 Å². The number of nitrogens with zero attached hydrogens (tertiary/aromatic N) is 3. The lowest BCUT2D eigenvalue weighted by atomic mass is 10.1. The summed E-state index contributed by atoms with van der Waals surface area (Å²) in [7, 11) is 0. The fourth-order valence-corrected chi connectivity index (χ4v) is 5.44. The number of hydrogen-bond acceptors (Lipinski definition) is 5. The minimum atomic E-state index is -0.430. The van der Waals surface area contributed by atoms with Crippen LogP contribution in [0.3, 0.4) is 0 Å². The number of benzene rings is 1. The zero-order valence-corrected chi connectivity index (χ0v) is 19.4. The first-order valence-electron chi connectivity index (χ1n) is 12.4. The Morgan fingerprint density at radius 1 is 1.06 bits per heavy atom. The van der Waals surface area contributed by atoms with Crippen molar-refractivity contribution in [3.8, 4) is 5.75 Å². The van der Waals surface area contributed by atoms with E-state index in [2.05, 4.69) is 15.1 Å². The van der Waals surface area contributed by atoms with Gasteiger partial charge in [-0.2, -0.15) is 0 Å². The lowest BCUT2D eigenvalue weighted by molar-refractivity contribution is -0.139. The maximum absolute atomic E-state index is 13.2. The third-order valence-electron chi connectivity index (χ3n) is 7.18. The molecule has 176 valence electrons. The van der Waals surface area contributed by atoms with Crippen LogP contribution in [-0.2, 0) is 16.1 Å². The van der Waals surface area contributed by atoms with Gasteiger partial charge in [0.15, 0.2) is 0 Å². The van der Waals surface area contributed by atoms with Crippen molar-refractivity contribution in [1.29, 1.82) is 0 Å². The van der Waals surface area contributed by atoms with E-state index in [1.54, 1.807) is 0 Å². The SMILES string of the molecule is CCOc1ccccc1CN1CCNC(=O)[C@H]1CC(=O)N1CCCN(C2CCCC2)CC1. The molecule has 3 fully saturated rings. The molecule has 4 rings (SSSR count). The molecule has 2 saturated heterocycles. The first kappa shape index (κ1) is 23.1. The Hall–Kier alpha value is -2.12. The second-order valence-corrected chi connectivity index (χ2v) is 9.23. The molecule has 1 N–H and O–H groups in total. The minimum Gasteiger partial charge on any atom is -0.494 e. The van der Waals surface area contributed by atoms with Gasteiger partial charge in [0.2, 0.25) is 11.8 Å². The Labute approximate surface area is 192 Å². The van der Waals surface area contributed by atoms with Crippen LogP contribution in [0.1, 0.15) is 51.0 Å². The molecule has 1 saturated carbocycles. The Kier molecular flexibility index (Phi) is 8.03. The summed E-state index contributed by atoms with van der Waals surface area (Å²) in [5.41, 5.74) is 1.06. The van der Waals surface area contributed by atoms with Gasteiger partial charge in [-0.15, -0.1) is 0 Å². The molecule has 7 heteroatoms. The van der Waals surface area contributed by atoms with Crippen LogP contribution in [0, 0.1) is 0 Å². The highest BCUT2D eigenvalue weighted by Crippen LogP contribution is 2.25. The van der Waals surface area contributed by atoms with Crippen molar-refractivity contribution in [1.82, 2.24) is 20.0 Å². The average Bonchev–Trinajstić information content (AvgIpc) is 3.22. The highest BCUT2D eigenvalue weighted by atomic mass is 16.5. The summed E-state index contributed by atoms with van der Waals surface area (Å²) in [4.78, 5) is 32.7. The maximum Gasteiger partial charge on any atom is 0.237 e. The number of ether oxygens (including phenoxy) is 1. The van der Waals surface area contributed by atoms with E-state index in [1.807, 2.05) is 36.1 Å². The van der Waals surface area contributed by atoms with Gasteiger partial charge in [0.1, 0.15) is 5.75 Å². The standard InChI is InChI=1S/C25H38N4O3/c1-2-32-23-11-6-3-8-20(23)19-29-15-12-26-25(31)22(29)18-24(30)28-14-7-13-27(16-17-28)21-9-4-5-10-21/h3,6,8,11,21-22H,2,4-5,7,9-10,12-19H2,1H3,(H,26,31)/t22-/m1/s1. The smallest absolute Gasteiger partial charge is 0.237 e. The predicted octanol–water partition coefficient (Wildman–Crippen LogP) is 2.25. The summed E-state index contributed by atoms with van der Waals surface area (Å²) in [6, 6.07) is 8.25. The molecule has 0 bridgehead atoms. The number of hydrogen-bond donors (Lipinski definition) is 1. The summed E-state index contributed by atoms with van der Waals surface area (Å²) in [5, 5.41) is 2.96. The van der Waals surface area contributed by atoms with Crippen LogP contribution in [0.2, 0.25) is 0 Å². The number of para-hydroxylation sites is 1. The zero-order valence-electron chi connectivity index (χ0n) is 19.4. The van der Waals surface area contributed by atoms with Crippen LogP contribution in [0.15, 0.2) is 24.3 Å². The fraction of sp³-hybridized carbons (Fsp3) is 0.680. The molecular formula is C25H38N4O3. The lowest BCUT2D eigenvalue weighted by Crippen LogP contribution is -2.56. The lowest BCUT2D eigenvalue weighted by Gasteiger charge is -2.36. The van der Waals surface area contributed by atoms with Gasteiger partial charge in [0.05, 0.1) is 19.1 Å². The Balaban J connectivity index is 1.38. The van der Waals surface area contributed by atoms with Crippen LogP contribution in [0.4, 0.5) is 0 Å². The predicted molar refractivity (Wildman–Crippen MR) is 124 cm³/mol. The number of amides is 2. The first-order chi connectivity index (χ1) is 15.7. The highest BCUT2D eigenvalue weighted by molar-refractivity contribution is 5.88. The van der Waals surface area contributed by atoms with Crippen LogP contribution in [0.25, 0.3) is 0 Å². The zero-order chi connectivity index (χ0) is 22.3. The molecule has 1 aromatic carbocycles. The third kappa shape index (κ3) is 5.62. The van der Waals surface area contributed by atoms with E-state index in [4.69, 9.17) is 4.74 Å². The fourth-order valence-electron chi connectivity index (χ4n) is 5.44. The molecule has 0 spiro atoms. The Bertz CT molecular complexity index is 780. The molecule has 0 radical (unpaired) electrons. The quantitative estimate of drug-likeness (QED) is 0.702. The summed E-state index contributed by atoms with van der Waals surface area (Å²) in [6.07, 6.45) is 6.53. The maximum atomic E-state index is 13.2. The number of piperazine rings is 1. The van der Waals surface area contributed by atoms with Crippen molar-refractivity contribution in [2.75, 3.05) is 45.9 Å². The van der Waals surface area contributed by atoms with E-state index in [1.165, 1.54) is 25.7 Å². The van der Waals surface area contributed by atoms with Gasteiger partial charge in [-0.25, -0.2) is 0 Å². The highest BCUT2D eigenvalue weighted by Gasteiger charge is 2.34. The van der Waals surface area contributed by atoms with Crippen molar-refractivity contribution in [2.45, 2.75) is 64.1 Å². The largest absolute Gasteiger partial charge is 0.494 e. The molecule has 0 unspecified atom stereocenters. The second-order valence-electron chi connectivity index (χ2n) is 9.23. The molecule has 1 aromatic rings. The average molecular weight is 443 g/mol. The minimum absolute atomic E-state index is 0.0408. The monoisotopic (exact) mass is 442 g/mol. The number of carbonyl (C=O) groups excluding carboxylic acids is 2. The van der Waals surface area contributed by atoms with Crippen molar-refractivity contribution in [3.05, 3.63) is 29.8 Å².